The quantitative estimate of drug-likeness (QED) is 0.634. The van der Waals surface area contributed by atoms with Gasteiger partial charge in [-0.05, 0) is 30.5 Å². The first-order valence-corrected chi connectivity index (χ1v) is 8.92. The van der Waals surface area contributed by atoms with E-state index < -0.39 is 0 Å². The zero-order valence-electron chi connectivity index (χ0n) is 14.5. The van der Waals surface area contributed by atoms with Crippen LogP contribution in [-0.4, -0.2) is 43.4 Å². The van der Waals surface area contributed by atoms with Gasteiger partial charge in [-0.3, -0.25) is 9.79 Å². The van der Waals surface area contributed by atoms with Crippen LogP contribution in [0.2, 0.25) is 5.02 Å². The molecule has 2 rings (SSSR count). The summed E-state index contributed by atoms with van der Waals surface area (Å²) in [7, 11) is 3.67. The zero-order valence-corrected chi connectivity index (χ0v) is 15.3. The molecule has 1 aromatic rings. The van der Waals surface area contributed by atoms with E-state index in [4.69, 9.17) is 11.6 Å². The van der Waals surface area contributed by atoms with E-state index in [1.54, 1.807) is 7.05 Å². The van der Waals surface area contributed by atoms with E-state index in [0.29, 0.717) is 18.5 Å². The third-order valence-electron chi connectivity index (χ3n) is 4.28. The van der Waals surface area contributed by atoms with Crippen molar-refractivity contribution >= 4 is 23.5 Å². The Morgan fingerprint density at radius 2 is 1.92 bits per heavy atom. The molecule has 0 heterocycles. The van der Waals surface area contributed by atoms with Crippen LogP contribution in [0.15, 0.2) is 29.3 Å². The van der Waals surface area contributed by atoms with Crippen molar-refractivity contribution in [3.63, 3.8) is 0 Å². The Kier molecular flexibility index (Phi) is 7.37. The summed E-state index contributed by atoms with van der Waals surface area (Å²) in [5.74, 6) is 0.728. The van der Waals surface area contributed by atoms with Gasteiger partial charge in [0.2, 0.25) is 5.91 Å². The number of nitrogens with zero attached hydrogens (tertiary/aromatic N) is 2. The van der Waals surface area contributed by atoms with Gasteiger partial charge in [0.1, 0.15) is 0 Å². The molecule has 0 radical (unpaired) electrons. The van der Waals surface area contributed by atoms with Crippen molar-refractivity contribution < 1.29 is 4.79 Å². The molecule has 1 saturated carbocycles. The molecule has 0 saturated heterocycles. The smallest absolute Gasteiger partial charge is 0.239 e. The first kappa shape index (κ1) is 18.6. The maximum Gasteiger partial charge on any atom is 0.239 e. The first-order valence-electron chi connectivity index (χ1n) is 8.54. The number of aliphatic imine (C=N–C) groups is 1. The van der Waals surface area contributed by atoms with E-state index in [2.05, 4.69) is 15.6 Å². The molecule has 5 nitrogen and oxygen atoms in total. The lowest BCUT2D eigenvalue weighted by Gasteiger charge is -2.24. The number of hydrogen-bond acceptors (Lipinski definition) is 2. The lowest BCUT2D eigenvalue weighted by atomic mass is 9.95. The van der Waals surface area contributed by atoms with Gasteiger partial charge in [0.25, 0.3) is 0 Å². The van der Waals surface area contributed by atoms with Gasteiger partial charge in [-0.1, -0.05) is 43.0 Å². The highest BCUT2D eigenvalue weighted by Crippen LogP contribution is 2.17. The third kappa shape index (κ3) is 6.04. The summed E-state index contributed by atoms with van der Waals surface area (Å²) in [6.07, 6.45) is 5.90. The molecule has 0 atom stereocenters. The van der Waals surface area contributed by atoms with E-state index >= 15 is 0 Å². The molecule has 1 fully saturated rings. The molecule has 0 unspecified atom stereocenters. The fourth-order valence-electron chi connectivity index (χ4n) is 3.01. The van der Waals surface area contributed by atoms with Crippen LogP contribution < -0.4 is 10.6 Å². The molecular formula is C18H27ClN4O. The van der Waals surface area contributed by atoms with Gasteiger partial charge in [-0.15, -0.1) is 0 Å². The Bertz CT molecular complexity index is 553. The fraction of sp³-hybridized carbons (Fsp3) is 0.556. The highest BCUT2D eigenvalue weighted by atomic mass is 35.5. The SMILES string of the molecule is CN=C(NCC(=O)NC1CCCCC1)N(C)Cc1ccc(Cl)cc1. The highest BCUT2D eigenvalue weighted by Gasteiger charge is 2.16. The highest BCUT2D eigenvalue weighted by molar-refractivity contribution is 6.30. The van der Waals surface area contributed by atoms with Gasteiger partial charge in [0, 0.05) is 31.7 Å². The predicted octanol–water partition coefficient (Wildman–Crippen LogP) is 2.80. The number of rotatable bonds is 5. The van der Waals surface area contributed by atoms with Crippen molar-refractivity contribution in [2.24, 2.45) is 4.99 Å². The summed E-state index contributed by atoms with van der Waals surface area (Å²) in [6.45, 7) is 0.940. The summed E-state index contributed by atoms with van der Waals surface area (Å²) >= 11 is 5.91. The topological polar surface area (TPSA) is 56.7 Å². The molecule has 0 bridgehead atoms. The van der Waals surface area contributed by atoms with Crippen LogP contribution >= 0.6 is 11.6 Å². The second-order valence-corrected chi connectivity index (χ2v) is 6.72. The molecule has 1 amide bonds. The van der Waals surface area contributed by atoms with Gasteiger partial charge in [0.15, 0.2) is 5.96 Å². The first-order chi connectivity index (χ1) is 11.6. The van der Waals surface area contributed by atoms with Crippen LogP contribution in [0.4, 0.5) is 0 Å². The summed E-state index contributed by atoms with van der Waals surface area (Å²) in [6, 6.07) is 8.06. The van der Waals surface area contributed by atoms with E-state index in [1.807, 2.05) is 36.2 Å². The minimum Gasteiger partial charge on any atom is -0.352 e. The van der Waals surface area contributed by atoms with Crippen molar-refractivity contribution in [3.05, 3.63) is 34.9 Å². The lowest BCUT2D eigenvalue weighted by molar-refractivity contribution is -0.120. The molecule has 6 heteroatoms. The van der Waals surface area contributed by atoms with E-state index in [-0.39, 0.29) is 12.5 Å². The van der Waals surface area contributed by atoms with Gasteiger partial charge in [-0.25, -0.2) is 0 Å². The minimum absolute atomic E-state index is 0.0305. The number of carbonyl (C=O) groups excluding carboxylic acids is 1. The number of guanidine groups is 1. The third-order valence-corrected chi connectivity index (χ3v) is 4.54. The van der Waals surface area contributed by atoms with E-state index in [0.717, 1.165) is 23.4 Å². The molecule has 0 spiro atoms. The predicted molar refractivity (Wildman–Crippen MR) is 99.3 cm³/mol. The normalized spacial score (nSPS) is 15.9. The monoisotopic (exact) mass is 350 g/mol. The molecule has 132 valence electrons. The van der Waals surface area contributed by atoms with Gasteiger partial charge < -0.3 is 15.5 Å². The number of benzene rings is 1. The van der Waals surface area contributed by atoms with Crippen molar-refractivity contribution in [2.75, 3.05) is 20.6 Å². The maximum absolute atomic E-state index is 12.1. The molecule has 0 aromatic heterocycles. The van der Waals surface area contributed by atoms with Crippen LogP contribution in [0.3, 0.4) is 0 Å². The maximum atomic E-state index is 12.1. The Labute approximate surface area is 149 Å². The number of halogens is 1. The van der Waals surface area contributed by atoms with Crippen molar-refractivity contribution in [2.45, 2.75) is 44.7 Å². The van der Waals surface area contributed by atoms with Crippen molar-refractivity contribution in [3.8, 4) is 0 Å². The Morgan fingerprint density at radius 1 is 1.25 bits per heavy atom. The number of nitrogens with one attached hydrogen (secondary N) is 2. The van der Waals surface area contributed by atoms with E-state index in [1.165, 1.54) is 19.3 Å². The summed E-state index contributed by atoms with van der Waals surface area (Å²) < 4.78 is 0. The largest absolute Gasteiger partial charge is 0.352 e. The zero-order chi connectivity index (χ0) is 17.4. The fourth-order valence-corrected chi connectivity index (χ4v) is 3.13. The van der Waals surface area contributed by atoms with Crippen LogP contribution in [0.5, 0.6) is 0 Å². The standard InChI is InChI=1S/C18H27ClN4O/c1-20-18(23(2)13-14-8-10-15(19)11-9-14)21-12-17(24)22-16-6-4-3-5-7-16/h8-11,16H,3-7,12-13H2,1-2H3,(H,20,21)(H,22,24). The molecule has 1 aromatic carbocycles. The van der Waals surface area contributed by atoms with Gasteiger partial charge in [0.05, 0.1) is 6.54 Å². The Hall–Kier alpha value is -1.75. The van der Waals surface area contributed by atoms with Crippen molar-refractivity contribution in [1.82, 2.24) is 15.5 Å². The average molecular weight is 351 g/mol. The van der Waals surface area contributed by atoms with Crippen LogP contribution in [-0.2, 0) is 11.3 Å². The Morgan fingerprint density at radius 3 is 2.54 bits per heavy atom. The van der Waals surface area contributed by atoms with Crippen LogP contribution in [0.1, 0.15) is 37.7 Å². The lowest BCUT2D eigenvalue weighted by Crippen LogP contribution is -2.46. The molecule has 0 aliphatic heterocycles. The van der Waals surface area contributed by atoms with Crippen LogP contribution in [0.25, 0.3) is 0 Å². The number of amides is 1. The second kappa shape index (κ2) is 9.52. The minimum atomic E-state index is 0.0305. The summed E-state index contributed by atoms with van der Waals surface area (Å²) in [4.78, 5) is 18.3. The van der Waals surface area contributed by atoms with Gasteiger partial charge in [-0.2, -0.15) is 0 Å². The molecular weight excluding hydrogens is 324 g/mol. The molecule has 1 aliphatic rings. The summed E-state index contributed by atoms with van der Waals surface area (Å²) in [5.41, 5.74) is 1.14. The number of carbonyl (C=O) groups is 1. The molecule has 24 heavy (non-hydrogen) atoms. The summed E-state index contributed by atoms with van der Waals surface area (Å²) in [5, 5.41) is 6.96. The molecule has 2 N–H and O–H groups in total. The van der Waals surface area contributed by atoms with Gasteiger partial charge >= 0.3 is 0 Å². The Balaban J connectivity index is 1.78. The van der Waals surface area contributed by atoms with E-state index in [9.17, 15) is 4.79 Å². The average Bonchev–Trinajstić information content (AvgIpc) is 2.58. The number of hydrogen-bond donors (Lipinski definition) is 2. The van der Waals surface area contributed by atoms with Crippen molar-refractivity contribution in [1.29, 1.82) is 0 Å². The second-order valence-electron chi connectivity index (χ2n) is 6.29. The molecule has 1 aliphatic carbocycles. The van der Waals surface area contributed by atoms with Crippen LogP contribution in [0, 0.1) is 0 Å².